The van der Waals surface area contributed by atoms with Crippen molar-refractivity contribution in [3.63, 3.8) is 0 Å². The quantitative estimate of drug-likeness (QED) is 0.832. The Balaban J connectivity index is 2.01. The van der Waals surface area contributed by atoms with Gasteiger partial charge in [-0.3, -0.25) is 0 Å². The molecule has 1 fully saturated rings. The number of anilines is 1. The first-order valence-electron chi connectivity index (χ1n) is 6.11. The summed E-state index contributed by atoms with van der Waals surface area (Å²) in [6.07, 6.45) is 3.97. The molecule has 2 nitrogen and oxygen atoms in total. The van der Waals surface area contributed by atoms with Crippen molar-refractivity contribution in [2.24, 2.45) is 5.73 Å². The van der Waals surface area contributed by atoms with Gasteiger partial charge in [-0.1, -0.05) is 30.2 Å². The largest absolute Gasteiger partial charge is 0.389 e. The summed E-state index contributed by atoms with van der Waals surface area (Å²) in [5.41, 5.74) is 7.54. The van der Waals surface area contributed by atoms with E-state index in [0.717, 1.165) is 17.8 Å². The Morgan fingerprint density at radius 2 is 2.33 bits per heavy atom. The molecule has 1 aliphatic rings. The molecule has 18 heavy (non-hydrogen) atoms. The predicted octanol–water partition coefficient (Wildman–Crippen LogP) is 3.67. The van der Waals surface area contributed by atoms with E-state index in [4.69, 9.17) is 29.6 Å². The fourth-order valence-electron chi connectivity index (χ4n) is 2.07. The number of nitrogens with one attached hydrogen (secondary N) is 1. The van der Waals surface area contributed by atoms with Crippen molar-refractivity contribution in [3.8, 4) is 0 Å². The molecule has 0 amide bonds. The maximum absolute atomic E-state index is 5.96. The molecule has 1 atom stereocenters. The Morgan fingerprint density at radius 3 is 3.00 bits per heavy atom. The van der Waals surface area contributed by atoms with Gasteiger partial charge in [0.2, 0.25) is 0 Å². The number of hydrogen-bond donors (Lipinski definition) is 2. The molecule has 5 heteroatoms. The molecular weight excluding hydrogens is 284 g/mol. The Labute approximate surface area is 123 Å². The second-order valence-electron chi connectivity index (χ2n) is 4.42. The number of halogens is 1. The minimum atomic E-state index is 0.385. The van der Waals surface area contributed by atoms with E-state index < -0.39 is 0 Å². The van der Waals surface area contributed by atoms with E-state index in [-0.39, 0.29) is 0 Å². The number of nitrogens with two attached hydrogens (primary N) is 1. The lowest BCUT2D eigenvalue weighted by Crippen LogP contribution is -2.21. The number of thioether (sulfide) groups is 1. The predicted molar refractivity (Wildman–Crippen MR) is 85.9 cm³/mol. The Morgan fingerprint density at radius 1 is 1.50 bits per heavy atom. The van der Waals surface area contributed by atoms with Crippen LogP contribution in [-0.4, -0.2) is 22.5 Å². The van der Waals surface area contributed by atoms with E-state index in [1.54, 1.807) is 0 Å². The molecule has 0 aliphatic carbocycles. The Bertz CT molecular complexity index is 431. The lowest BCUT2D eigenvalue weighted by atomic mass is 10.1. The van der Waals surface area contributed by atoms with Crippen LogP contribution in [0.3, 0.4) is 0 Å². The molecule has 98 valence electrons. The Hall–Kier alpha value is -0.450. The van der Waals surface area contributed by atoms with Crippen molar-refractivity contribution in [1.29, 1.82) is 0 Å². The zero-order chi connectivity index (χ0) is 13.0. The SMILES string of the molecule is NC(=S)c1cc(Cl)ccc1NCC1CCCCS1. The summed E-state index contributed by atoms with van der Waals surface area (Å²) in [5, 5.41) is 4.80. The molecular formula is C13H17ClN2S2. The summed E-state index contributed by atoms with van der Waals surface area (Å²) >= 11 is 13.1. The molecule has 1 heterocycles. The van der Waals surface area contributed by atoms with Crippen molar-refractivity contribution < 1.29 is 0 Å². The number of benzene rings is 1. The molecule has 1 saturated heterocycles. The van der Waals surface area contributed by atoms with Gasteiger partial charge in [-0.25, -0.2) is 0 Å². The van der Waals surface area contributed by atoms with Crippen LogP contribution in [-0.2, 0) is 0 Å². The molecule has 1 aromatic carbocycles. The first kappa shape index (κ1) is 14.0. The molecule has 0 spiro atoms. The van der Waals surface area contributed by atoms with Gasteiger partial charge in [0.25, 0.3) is 0 Å². The van der Waals surface area contributed by atoms with Gasteiger partial charge < -0.3 is 11.1 Å². The standard InChI is InChI=1S/C13H17ClN2S2/c14-9-4-5-12(11(7-9)13(15)17)16-8-10-3-1-2-6-18-10/h4-5,7,10,16H,1-3,6,8H2,(H2,15,17). The lowest BCUT2D eigenvalue weighted by Gasteiger charge is -2.22. The van der Waals surface area contributed by atoms with Crippen molar-refractivity contribution in [1.82, 2.24) is 0 Å². The maximum Gasteiger partial charge on any atom is 0.106 e. The van der Waals surface area contributed by atoms with E-state index in [1.807, 2.05) is 30.0 Å². The summed E-state index contributed by atoms with van der Waals surface area (Å²) in [4.78, 5) is 0.385. The zero-order valence-corrected chi connectivity index (χ0v) is 12.5. The first-order valence-corrected chi connectivity index (χ1v) is 7.95. The van der Waals surface area contributed by atoms with E-state index in [1.165, 1.54) is 25.0 Å². The molecule has 3 N–H and O–H groups in total. The average Bonchev–Trinajstić information content (AvgIpc) is 2.38. The highest BCUT2D eigenvalue weighted by Crippen LogP contribution is 2.26. The van der Waals surface area contributed by atoms with Crippen LogP contribution in [0.2, 0.25) is 5.02 Å². The van der Waals surface area contributed by atoms with Gasteiger partial charge in [-0.15, -0.1) is 0 Å². The summed E-state index contributed by atoms with van der Waals surface area (Å²) in [6.45, 7) is 0.960. The number of thiocarbonyl (C=S) groups is 1. The maximum atomic E-state index is 5.96. The molecule has 0 aromatic heterocycles. The molecule has 0 saturated carbocycles. The Kier molecular flexibility index (Phi) is 5.15. The second-order valence-corrected chi connectivity index (χ2v) is 6.71. The van der Waals surface area contributed by atoms with Gasteiger partial charge in [0.1, 0.15) is 4.99 Å². The fraction of sp³-hybridized carbons (Fsp3) is 0.462. The smallest absolute Gasteiger partial charge is 0.106 e. The van der Waals surface area contributed by atoms with Crippen LogP contribution in [0.1, 0.15) is 24.8 Å². The van der Waals surface area contributed by atoms with Crippen LogP contribution < -0.4 is 11.1 Å². The number of hydrogen-bond acceptors (Lipinski definition) is 3. The normalized spacial score (nSPS) is 19.5. The monoisotopic (exact) mass is 300 g/mol. The van der Waals surface area contributed by atoms with Gasteiger partial charge in [0, 0.05) is 28.1 Å². The van der Waals surface area contributed by atoms with Crippen molar-refractivity contribution in [2.45, 2.75) is 24.5 Å². The summed E-state index contributed by atoms with van der Waals surface area (Å²) in [6, 6.07) is 5.63. The third-order valence-corrected chi connectivity index (χ3v) is 4.89. The zero-order valence-electron chi connectivity index (χ0n) is 10.1. The number of rotatable bonds is 4. The highest BCUT2D eigenvalue weighted by molar-refractivity contribution is 7.99. The van der Waals surface area contributed by atoms with Gasteiger partial charge >= 0.3 is 0 Å². The van der Waals surface area contributed by atoms with E-state index in [2.05, 4.69) is 5.32 Å². The van der Waals surface area contributed by atoms with E-state index in [9.17, 15) is 0 Å². The van der Waals surface area contributed by atoms with E-state index in [0.29, 0.717) is 15.3 Å². The minimum absolute atomic E-state index is 0.385. The molecule has 0 radical (unpaired) electrons. The van der Waals surface area contributed by atoms with Gasteiger partial charge in [0.05, 0.1) is 0 Å². The van der Waals surface area contributed by atoms with Crippen LogP contribution >= 0.6 is 35.6 Å². The van der Waals surface area contributed by atoms with Gasteiger partial charge in [-0.2, -0.15) is 11.8 Å². The van der Waals surface area contributed by atoms with Crippen molar-refractivity contribution in [2.75, 3.05) is 17.6 Å². The highest BCUT2D eigenvalue weighted by atomic mass is 35.5. The third-order valence-electron chi connectivity index (χ3n) is 3.04. The fourth-order valence-corrected chi connectivity index (χ4v) is 3.65. The van der Waals surface area contributed by atoms with Crippen LogP contribution in [0, 0.1) is 0 Å². The van der Waals surface area contributed by atoms with Crippen LogP contribution in [0.15, 0.2) is 18.2 Å². The van der Waals surface area contributed by atoms with E-state index >= 15 is 0 Å². The molecule has 1 aliphatic heterocycles. The molecule has 1 aromatic rings. The van der Waals surface area contributed by atoms with Crippen LogP contribution in [0.4, 0.5) is 5.69 Å². The summed E-state index contributed by atoms with van der Waals surface area (Å²) in [7, 11) is 0. The molecule has 0 bridgehead atoms. The van der Waals surface area contributed by atoms with Crippen molar-refractivity contribution in [3.05, 3.63) is 28.8 Å². The second kappa shape index (κ2) is 6.64. The van der Waals surface area contributed by atoms with Crippen molar-refractivity contribution >= 4 is 46.3 Å². The van der Waals surface area contributed by atoms with Gasteiger partial charge in [-0.05, 0) is 36.8 Å². The van der Waals surface area contributed by atoms with Crippen LogP contribution in [0.25, 0.3) is 0 Å². The summed E-state index contributed by atoms with van der Waals surface area (Å²) in [5.74, 6) is 1.27. The first-order chi connectivity index (χ1) is 8.66. The third kappa shape index (κ3) is 3.77. The molecule has 1 unspecified atom stereocenters. The van der Waals surface area contributed by atoms with Crippen LogP contribution in [0.5, 0.6) is 0 Å². The minimum Gasteiger partial charge on any atom is -0.389 e. The molecule has 2 rings (SSSR count). The van der Waals surface area contributed by atoms with Gasteiger partial charge in [0.15, 0.2) is 0 Å². The topological polar surface area (TPSA) is 38.0 Å². The highest BCUT2D eigenvalue weighted by Gasteiger charge is 2.14. The lowest BCUT2D eigenvalue weighted by molar-refractivity contribution is 0.677. The average molecular weight is 301 g/mol. The summed E-state index contributed by atoms with van der Waals surface area (Å²) < 4.78 is 0.